The molecule has 5 heteroatoms. The van der Waals surface area contributed by atoms with Crippen molar-refractivity contribution in [3.8, 4) is 0 Å². The molecule has 72 valence electrons. The summed E-state index contributed by atoms with van der Waals surface area (Å²) in [5.41, 5.74) is 0.260. The van der Waals surface area contributed by atoms with Crippen LogP contribution in [0.25, 0.3) is 0 Å². The summed E-state index contributed by atoms with van der Waals surface area (Å²) in [5, 5.41) is 7.48. The molecular weight excluding hydrogens is 170 g/mol. The maximum Gasteiger partial charge on any atom is 0.360 e. The van der Waals surface area contributed by atoms with Crippen LogP contribution in [0.1, 0.15) is 37.3 Å². The van der Waals surface area contributed by atoms with Gasteiger partial charge in [-0.3, -0.25) is 0 Å². The summed E-state index contributed by atoms with van der Waals surface area (Å²) in [4.78, 5) is 11.1. The van der Waals surface area contributed by atoms with E-state index in [4.69, 9.17) is 4.74 Å². The van der Waals surface area contributed by atoms with E-state index < -0.39 is 5.97 Å². The number of carbonyl (C=O) groups is 1. The molecule has 0 saturated carbocycles. The summed E-state index contributed by atoms with van der Waals surface area (Å²) in [5.74, 6) is -0.422. The summed E-state index contributed by atoms with van der Waals surface area (Å²) in [7, 11) is 0. The van der Waals surface area contributed by atoms with Gasteiger partial charge >= 0.3 is 5.97 Å². The molecule has 0 fully saturated rings. The van der Waals surface area contributed by atoms with Gasteiger partial charge in [-0.05, 0) is 20.8 Å². The lowest BCUT2D eigenvalue weighted by atomic mass is 10.4. The molecule has 1 heterocycles. The van der Waals surface area contributed by atoms with Gasteiger partial charge < -0.3 is 4.74 Å². The van der Waals surface area contributed by atoms with Crippen LogP contribution in [-0.4, -0.2) is 27.6 Å². The molecule has 1 rings (SSSR count). The van der Waals surface area contributed by atoms with Gasteiger partial charge in [0, 0.05) is 6.04 Å². The Morgan fingerprint density at radius 2 is 2.38 bits per heavy atom. The highest BCUT2D eigenvalue weighted by Crippen LogP contribution is 2.03. The van der Waals surface area contributed by atoms with Gasteiger partial charge in [-0.2, -0.15) is 0 Å². The third-order valence-electron chi connectivity index (χ3n) is 1.52. The van der Waals surface area contributed by atoms with Gasteiger partial charge in [-0.15, -0.1) is 5.10 Å². The predicted octanol–water partition coefficient (Wildman–Crippen LogP) is 1.04. The first-order valence-electron chi connectivity index (χ1n) is 4.24. The summed E-state index contributed by atoms with van der Waals surface area (Å²) >= 11 is 0. The molecule has 0 unspecified atom stereocenters. The number of rotatable bonds is 3. The van der Waals surface area contributed by atoms with E-state index in [-0.39, 0.29) is 11.7 Å². The Hall–Kier alpha value is -1.39. The molecule has 0 atom stereocenters. The highest BCUT2D eigenvalue weighted by Gasteiger charge is 2.12. The quantitative estimate of drug-likeness (QED) is 0.657. The predicted molar refractivity (Wildman–Crippen MR) is 46.4 cm³/mol. The van der Waals surface area contributed by atoms with E-state index in [1.165, 1.54) is 0 Å². The third-order valence-corrected chi connectivity index (χ3v) is 1.52. The summed E-state index contributed by atoms with van der Waals surface area (Å²) < 4.78 is 6.38. The molecule has 0 aliphatic carbocycles. The molecule has 1 aromatic rings. The number of hydrogen-bond donors (Lipinski definition) is 0. The van der Waals surface area contributed by atoms with E-state index in [0.717, 1.165) is 0 Å². The zero-order chi connectivity index (χ0) is 9.84. The molecule has 0 amide bonds. The van der Waals surface area contributed by atoms with Crippen molar-refractivity contribution in [2.75, 3.05) is 6.61 Å². The first-order chi connectivity index (χ1) is 6.15. The van der Waals surface area contributed by atoms with E-state index in [1.807, 2.05) is 13.8 Å². The fourth-order valence-corrected chi connectivity index (χ4v) is 0.828. The summed E-state index contributed by atoms with van der Waals surface area (Å²) in [6.45, 7) is 6.03. The van der Waals surface area contributed by atoms with Crippen LogP contribution in [0, 0.1) is 0 Å². The Balaban J connectivity index is 2.73. The topological polar surface area (TPSA) is 57.0 Å². The molecule has 0 saturated heterocycles. The lowest BCUT2D eigenvalue weighted by Gasteiger charge is -2.00. The number of hydrogen-bond acceptors (Lipinski definition) is 4. The standard InChI is InChI=1S/C8H13N3O2/c1-4-13-8(12)7-5-11(6(2)3)10-9-7/h5-6H,4H2,1-3H3. The van der Waals surface area contributed by atoms with Crippen molar-refractivity contribution in [3.05, 3.63) is 11.9 Å². The second-order valence-corrected chi connectivity index (χ2v) is 2.90. The minimum atomic E-state index is -0.422. The van der Waals surface area contributed by atoms with Gasteiger partial charge in [0.1, 0.15) is 0 Å². The van der Waals surface area contributed by atoms with Crippen LogP contribution in [0.5, 0.6) is 0 Å². The molecule has 5 nitrogen and oxygen atoms in total. The summed E-state index contributed by atoms with van der Waals surface area (Å²) in [6.07, 6.45) is 1.59. The van der Waals surface area contributed by atoms with Crippen LogP contribution < -0.4 is 0 Å². The highest BCUT2D eigenvalue weighted by atomic mass is 16.5. The van der Waals surface area contributed by atoms with Gasteiger partial charge in [0.25, 0.3) is 0 Å². The highest BCUT2D eigenvalue weighted by molar-refractivity contribution is 5.86. The molecule has 0 spiro atoms. The van der Waals surface area contributed by atoms with E-state index in [0.29, 0.717) is 6.61 Å². The molecule has 0 bridgehead atoms. The van der Waals surface area contributed by atoms with Crippen LogP contribution in [-0.2, 0) is 4.74 Å². The Morgan fingerprint density at radius 1 is 1.69 bits per heavy atom. The molecule has 0 aliphatic rings. The molecule has 0 N–H and O–H groups in total. The van der Waals surface area contributed by atoms with Gasteiger partial charge in [0.15, 0.2) is 5.69 Å². The lowest BCUT2D eigenvalue weighted by Crippen LogP contribution is -2.05. The number of esters is 1. The molecule has 1 aromatic heterocycles. The average molecular weight is 183 g/mol. The molecular formula is C8H13N3O2. The van der Waals surface area contributed by atoms with E-state index >= 15 is 0 Å². The lowest BCUT2D eigenvalue weighted by molar-refractivity contribution is 0.0519. The normalized spacial score (nSPS) is 10.5. The molecule has 0 aliphatic heterocycles. The van der Waals surface area contributed by atoms with Gasteiger partial charge in [-0.25, -0.2) is 9.48 Å². The van der Waals surface area contributed by atoms with Crippen molar-refractivity contribution in [1.82, 2.24) is 15.0 Å². The Bertz CT molecular complexity index is 293. The number of aromatic nitrogens is 3. The number of nitrogens with zero attached hydrogens (tertiary/aromatic N) is 3. The Labute approximate surface area is 76.7 Å². The van der Waals surface area contributed by atoms with E-state index in [9.17, 15) is 4.79 Å². The number of carbonyl (C=O) groups excluding carboxylic acids is 1. The SMILES string of the molecule is CCOC(=O)c1cn(C(C)C)nn1. The van der Waals surface area contributed by atoms with Crippen molar-refractivity contribution >= 4 is 5.97 Å². The number of ether oxygens (including phenoxy) is 1. The second kappa shape index (κ2) is 4.02. The summed E-state index contributed by atoms with van der Waals surface area (Å²) in [6, 6.07) is 0.204. The zero-order valence-corrected chi connectivity index (χ0v) is 8.02. The fraction of sp³-hybridized carbons (Fsp3) is 0.625. The minimum Gasteiger partial charge on any atom is -0.461 e. The maximum absolute atomic E-state index is 11.1. The van der Waals surface area contributed by atoms with Crippen LogP contribution >= 0.6 is 0 Å². The fourth-order valence-electron chi connectivity index (χ4n) is 0.828. The van der Waals surface area contributed by atoms with Crippen LogP contribution in [0.3, 0.4) is 0 Å². The van der Waals surface area contributed by atoms with E-state index in [1.54, 1.807) is 17.8 Å². The Morgan fingerprint density at radius 3 is 2.85 bits per heavy atom. The van der Waals surface area contributed by atoms with Crippen molar-refractivity contribution in [2.24, 2.45) is 0 Å². The monoisotopic (exact) mass is 183 g/mol. The molecule has 13 heavy (non-hydrogen) atoms. The zero-order valence-electron chi connectivity index (χ0n) is 8.02. The third kappa shape index (κ3) is 2.27. The van der Waals surface area contributed by atoms with Crippen molar-refractivity contribution < 1.29 is 9.53 Å². The van der Waals surface area contributed by atoms with Gasteiger partial charge in [0.2, 0.25) is 0 Å². The first kappa shape index (κ1) is 9.70. The van der Waals surface area contributed by atoms with Gasteiger partial charge in [0.05, 0.1) is 12.8 Å². The largest absolute Gasteiger partial charge is 0.461 e. The second-order valence-electron chi connectivity index (χ2n) is 2.90. The van der Waals surface area contributed by atoms with Gasteiger partial charge in [-0.1, -0.05) is 5.21 Å². The van der Waals surface area contributed by atoms with Crippen LogP contribution in [0.2, 0.25) is 0 Å². The molecule has 0 aromatic carbocycles. The Kier molecular flexibility index (Phi) is 3.00. The first-order valence-corrected chi connectivity index (χ1v) is 4.24. The molecule has 0 radical (unpaired) electrons. The van der Waals surface area contributed by atoms with Crippen molar-refractivity contribution in [1.29, 1.82) is 0 Å². The average Bonchev–Trinajstić information content (AvgIpc) is 2.52. The maximum atomic E-state index is 11.1. The van der Waals surface area contributed by atoms with Crippen LogP contribution in [0.15, 0.2) is 6.20 Å². The minimum absolute atomic E-state index is 0.204. The smallest absolute Gasteiger partial charge is 0.360 e. The van der Waals surface area contributed by atoms with Crippen LogP contribution in [0.4, 0.5) is 0 Å². The van der Waals surface area contributed by atoms with Crippen molar-refractivity contribution in [2.45, 2.75) is 26.8 Å². The van der Waals surface area contributed by atoms with Crippen molar-refractivity contribution in [3.63, 3.8) is 0 Å². The van der Waals surface area contributed by atoms with E-state index in [2.05, 4.69) is 10.3 Å².